The fraction of sp³-hybridized carbons (Fsp3) is 0.455. The summed E-state index contributed by atoms with van der Waals surface area (Å²) in [7, 11) is 3.54. The minimum absolute atomic E-state index is 0.0598. The number of ether oxygens (including phenoxy) is 2. The monoisotopic (exact) mass is 429 g/mol. The topological polar surface area (TPSA) is 62.3 Å². The second-order valence-corrected chi connectivity index (χ2v) is 8.82. The largest absolute Gasteiger partial charge is 0.486 e. The Balaban J connectivity index is 1.41. The smallest absolute Gasteiger partial charge is 0.263 e. The van der Waals surface area contributed by atoms with Gasteiger partial charge in [-0.2, -0.15) is 0 Å². The van der Waals surface area contributed by atoms with Crippen molar-refractivity contribution >= 4 is 23.2 Å². The summed E-state index contributed by atoms with van der Waals surface area (Å²) in [5.74, 6) is 1.67. The number of hydrogen-bond donors (Lipinski definition) is 0. The number of fused-ring (bicyclic) bond motifs is 1. The number of thiophene rings is 1. The van der Waals surface area contributed by atoms with Crippen LogP contribution in [0.3, 0.4) is 0 Å². The lowest BCUT2D eigenvalue weighted by atomic mass is 10.1. The van der Waals surface area contributed by atoms with Gasteiger partial charge in [0.2, 0.25) is 5.91 Å². The number of carbonyl (C=O) groups excluding carboxylic acids is 2. The van der Waals surface area contributed by atoms with Gasteiger partial charge in [0.15, 0.2) is 11.5 Å². The predicted octanol–water partition coefficient (Wildman–Crippen LogP) is 2.42. The van der Waals surface area contributed by atoms with Crippen LogP contribution < -0.4 is 9.47 Å². The summed E-state index contributed by atoms with van der Waals surface area (Å²) in [6, 6.07) is 9.78. The van der Waals surface area contributed by atoms with Gasteiger partial charge >= 0.3 is 0 Å². The van der Waals surface area contributed by atoms with Crippen molar-refractivity contribution in [2.45, 2.75) is 6.42 Å². The summed E-state index contributed by atoms with van der Waals surface area (Å²) in [4.78, 5) is 32.4. The highest BCUT2D eigenvalue weighted by Gasteiger charge is 2.23. The van der Waals surface area contributed by atoms with Crippen molar-refractivity contribution in [2.24, 2.45) is 0 Å². The summed E-state index contributed by atoms with van der Waals surface area (Å²) in [6.07, 6.45) is 0.868. The summed E-state index contributed by atoms with van der Waals surface area (Å²) >= 11 is 1.50. The zero-order valence-corrected chi connectivity index (χ0v) is 18.2. The predicted molar refractivity (Wildman–Crippen MR) is 116 cm³/mol. The molecule has 7 nitrogen and oxygen atoms in total. The van der Waals surface area contributed by atoms with Crippen molar-refractivity contribution in [3.8, 4) is 21.9 Å². The second kappa shape index (κ2) is 9.06. The van der Waals surface area contributed by atoms with Gasteiger partial charge in [-0.15, -0.1) is 11.3 Å². The fourth-order valence-electron chi connectivity index (χ4n) is 3.63. The van der Waals surface area contributed by atoms with Crippen molar-refractivity contribution in [3.63, 3.8) is 0 Å². The quantitative estimate of drug-likeness (QED) is 0.747. The molecule has 2 amide bonds. The molecule has 1 fully saturated rings. The Morgan fingerprint density at radius 1 is 1.00 bits per heavy atom. The highest BCUT2D eigenvalue weighted by atomic mass is 32.1. The van der Waals surface area contributed by atoms with Gasteiger partial charge in [0, 0.05) is 45.2 Å². The number of likely N-dealkylation sites (N-methyl/N-ethyl adjacent to an activating group) is 1. The molecule has 1 aromatic carbocycles. The molecule has 0 aliphatic carbocycles. The minimum atomic E-state index is 0.0598. The molecule has 4 rings (SSSR count). The minimum Gasteiger partial charge on any atom is -0.486 e. The van der Waals surface area contributed by atoms with Crippen molar-refractivity contribution in [2.75, 3.05) is 60.0 Å². The Morgan fingerprint density at radius 3 is 2.60 bits per heavy atom. The molecule has 0 bridgehead atoms. The lowest BCUT2D eigenvalue weighted by Gasteiger charge is -2.22. The average molecular weight is 430 g/mol. The van der Waals surface area contributed by atoms with Gasteiger partial charge in [-0.3, -0.25) is 14.5 Å². The number of hydrogen-bond acceptors (Lipinski definition) is 6. The van der Waals surface area contributed by atoms with Gasteiger partial charge in [-0.1, -0.05) is 0 Å². The normalized spacial score (nSPS) is 16.8. The Kier molecular flexibility index (Phi) is 6.24. The average Bonchev–Trinajstić information content (AvgIpc) is 3.13. The van der Waals surface area contributed by atoms with Crippen LogP contribution in [0.1, 0.15) is 16.1 Å². The van der Waals surface area contributed by atoms with Crippen LogP contribution in [0, 0.1) is 0 Å². The van der Waals surface area contributed by atoms with Gasteiger partial charge in [0.05, 0.1) is 11.4 Å². The summed E-state index contributed by atoms with van der Waals surface area (Å²) in [5, 5.41) is 0. The highest BCUT2D eigenvalue weighted by Crippen LogP contribution is 2.37. The molecule has 1 saturated heterocycles. The van der Waals surface area contributed by atoms with Gasteiger partial charge in [-0.25, -0.2) is 0 Å². The molecule has 0 saturated carbocycles. The highest BCUT2D eigenvalue weighted by molar-refractivity contribution is 7.17. The molecule has 8 heteroatoms. The van der Waals surface area contributed by atoms with E-state index in [-0.39, 0.29) is 11.8 Å². The second-order valence-electron chi connectivity index (χ2n) is 7.73. The number of rotatable bonds is 4. The van der Waals surface area contributed by atoms with E-state index in [1.54, 1.807) is 19.0 Å². The fourth-order valence-corrected chi connectivity index (χ4v) is 4.60. The molecule has 160 valence electrons. The molecule has 2 aliphatic rings. The van der Waals surface area contributed by atoms with E-state index in [1.807, 2.05) is 35.2 Å². The van der Waals surface area contributed by atoms with Gasteiger partial charge in [-0.05, 0) is 42.3 Å². The number of amides is 2. The SMILES string of the molecule is CN(C)C(=O)CN1CCCN(C(=O)c2ccc(-c3ccc4c(c3)OCCO4)s2)CC1. The standard InChI is InChI=1S/C22H27N3O4S/c1-23(2)21(26)15-24-8-3-9-25(11-10-24)22(27)20-7-6-19(30-20)16-4-5-17-18(14-16)29-13-12-28-17/h4-7,14H,3,8-13,15H2,1-2H3. The van der Waals surface area contributed by atoms with E-state index < -0.39 is 0 Å². The van der Waals surface area contributed by atoms with Crippen LogP contribution in [0.5, 0.6) is 11.5 Å². The Bertz CT molecular complexity index is 927. The Morgan fingerprint density at radius 2 is 1.80 bits per heavy atom. The molecule has 0 unspecified atom stereocenters. The lowest BCUT2D eigenvalue weighted by molar-refractivity contribution is -0.129. The van der Waals surface area contributed by atoms with Gasteiger partial charge in [0.25, 0.3) is 5.91 Å². The molecule has 2 aliphatic heterocycles. The van der Waals surface area contributed by atoms with Crippen LogP contribution in [-0.4, -0.2) is 86.5 Å². The van der Waals surface area contributed by atoms with Crippen molar-refractivity contribution in [1.82, 2.24) is 14.7 Å². The van der Waals surface area contributed by atoms with Crippen LogP contribution in [0.25, 0.3) is 10.4 Å². The van der Waals surface area contributed by atoms with Crippen molar-refractivity contribution in [1.29, 1.82) is 0 Å². The van der Waals surface area contributed by atoms with E-state index in [1.165, 1.54) is 11.3 Å². The van der Waals surface area contributed by atoms with E-state index in [4.69, 9.17) is 9.47 Å². The number of carbonyl (C=O) groups is 2. The first-order valence-corrected chi connectivity index (χ1v) is 11.0. The van der Waals surface area contributed by atoms with E-state index >= 15 is 0 Å². The lowest BCUT2D eigenvalue weighted by Crippen LogP contribution is -2.39. The zero-order chi connectivity index (χ0) is 21.1. The van der Waals surface area contributed by atoms with E-state index in [2.05, 4.69) is 4.90 Å². The molecular weight excluding hydrogens is 402 g/mol. The Labute approximate surface area is 180 Å². The number of benzene rings is 1. The molecular formula is C22H27N3O4S. The van der Waals surface area contributed by atoms with Crippen LogP contribution >= 0.6 is 11.3 Å². The maximum atomic E-state index is 13.1. The number of nitrogens with zero attached hydrogens (tertiary/aromatic N) is 3. The molecule has 30 heavy (non-hydrogen) atoms. The molecule has 2 aromatic rings. The Hall–Kier alpha value is -2.58. The van der Waals surface area contributed by atoms with E-state index in [0.29, 0.717) is 39.4 Å². The third-order valence-corrected chi connectivity index (χ3v) is 6.50. The van der Waals surface area contributed by atoms with Crippen molar-refractivity contribution in [3.05, 3.63) is 35.2 Å². The van der Waals surface area contributed by atoms with Gasteiger partial charge in [0.1, 0.15) is 13.2 Å². The third-order valence-electron chi connectivity index (χ3n) is 5.38. The van der Waals surface area contributed by atoms with Crippen LogP contribution in [0.15, 0.2) is 30.3 Å². The molecule has 0 radical (unpaired) electrons. The third kappa shape index (κ3) is 4.60. The molecule has 0 atom stereocenters. The van der Waals surface area contributed by atoms with Crippen molar-refractivity contribution < 1.29 is 19.1 Å². The first-order valence-electron chi connectivity index (χ1n) is 10.2. The van der Waals surface area contributed by atoms with Gasteiger partial charge < -0.3 is 19.3 Å². The maximum Gasteiger partial charge on any atom is 0.263 e. The zero-order valence-electron chi connectivity index (χ0n) is 17.4. The van der Waals surface area contributed by atoms with Crippen LogP contribution in [-0.2, 0) is 4.79 Å². The molecule has 3 heterocycles. The van der Waals surface area contributed by atoms with Crippen LogP contribution in [0.4, 0.5) is 0 Å². The summed E-state index contributed by atoms with van der Waals surface area (Å²) in [5.41, 5.74) is 1.02. The van der Waals surface area contributed by atoms with E-state index in [9.17, 15) is 9.59 Å². The molecule has 0 spiro atoms. The van der Waals surface area contributed by atoms with Crippen LogP contribution in [0.2, 0.25) is 0 Å². The molecule has 1 aromatic heterocycles. The first kappa shape index (κ1) is 20.7. The van der Waals surface area contributed by atoms with E-state index in [0.717, 1.165) is 39.8 Å². The molecule has 0 N–H and O–H groups in total. The first-order chi connectivity index (χ1) is 14.5. The summed E-state index contributed by atoms with van der Waals surface area (Å²) < 4.78 is 11.3. The summed E-state index contributed by atoms with van der Waals surface area (Å²) in [6.45, 7) is 4.42. The maximum absolute atomic E-state index is 13.1.